The lowest BCUT2D eigenvalue weighted by Crippen LogP contribution is -3.14. The van der Waals surface area contributed by atoms with Crippen LogP contribution in [0, 0.1) is 0 Å². The summed E-state index contributed by atoms with van der Waals surface area (Å²) in [6, 6.07) is 16.8. The summed E-state index contributed by atoms with van der Waals surface area (Å²) in [6.45, 7) is 3.77. The zero-order chi connectivity index (χ0) is 16.5. The number of rotatable bonds is 3. The molecule has 0 radical (unpaired) electrons. The van der Waals surface area contributed by atoms with Crippen LogP contribution in [0.25, 0.3) is 10.8 Å². The van der Waals surface area contributed by atoms with Crippen molar-refractivity contribution in [3.63, 3.8) is 0 Å². The Kier molecular flexibility index (Phi) is 4.08. The quantitative estimate of drug-likeness (QED) is 0.757. The molecule has 0 spiro atoms. The highest BCUT2D eigenvalue weighted by Gasteiger charge is 2.29. The Bertz CT molecular complexity index is 881. The first-order chi connectivity index (χ1) is 11.7. The van der Waals surface area contributed by atoms with Crippen molar-refractivity contribution in [2.45, 2.75) is 19.4 Å². The summed E-state index contributed by atoms with van der Waals surface area (Å²) in [7, 11) is 0. The number of benzene rings is 2. The van der Waals surface area contributed by atoms with Gasteiger partial charge in [-0.15, -0.1) is 11.3 Å². The van der Waals surface area contributed by atoms with Gasteiger partial charge in [-0.05, 0) is 29.8 Å². The number of amides is 1. The highest BCUT2D eigenvalue weighted by molar-refractivity contribution is 7.10. The Morgan fingerprint density at radius 3 is 2.96 bits per heavy atom. The largest absolute Gasteiger partial charge is 0.321 e. The van der Waals surface area contributed by atoms with E-state index in [2.05, 4.69) is 41.9 Å². The predicted molar refractivity (Wildman–Crippen MR) is 99.7 cm³/mol. The zero-order valence-corrected chi connectivity index (χ0v) is 14.5. The molecule has 1 aromatic heterocycles. The number of hydrogen-bond donors (Lipinski definition) is 2. The van der Waals surface area contributed by atoms with Crippen molar-refractivity contribution >= 4 is 33.7 Å². The van der Waals surface area contributed by atoms with Crippen molar-refractivity contribution in [3.8, 4) is 0 Å². The average Bonchev–Trinajstić information content (AvgIpc) is 3.07. The van der Waals surface area contributed by atoms with E-state index in [-0.39, 0.29) is 5.91 Å². The van der Waals surface area contributed by atoms with Gasteiger partial charge < -0.3 is 10.2 Å². The van der Waals surface area contributed by atoms with Crippen molar-refractivity contribution in [1.82, 2.24) is 0 Å². The van der Waals surface area contributed by atoms with Gasteiger partial charge in [0, 0.05) is 27.9 Å². The Balaban J connectivity index is 1.49. The number of carbonyl (C=O) groups is 1. The first kappa shape index (κ1) is 15.4. The van der Waals surface area contributed by atoms with Gasteiger partial charge in [-0.3, -0.25) is 4.79 Å². The molecule has 1 amide bonds. The van der Waals surface area contributed by atoms with Crippen LogP contribution in [0.2, 0.25) is 0 Å². The van der Waals surface area contributed by atoms with Crippen LogP contribution in [0.15, 0.2) is 53.9 Å². The van der Waals surface area contributed by atoms with Crippen LogP contribution in [-0.2, 0) is 11.2 Å². The maximum absolute atomic E-state index is 12.6. The third-order valence-electron chi connectivity index (χ3n) is 4.98. The molecule has 2 aromatic carbocycles. The molecular weight excluding hydrogens is 316 g/mol. The highest BCUT2D eigenvalue weighted by Crippen LogP contribution is 2.25. The molecule has 0 fully saturated rings. The SMILES string of the molecule is C[C@@H]1c2ccsc2CC[NH+]1CC(=O)Nc1cccc2ccccc12. The average molecular weight is 337 g/mol. The fourth-order valence-corrected chi connectivity index (χ4v) is 4.61. The molecule has 0 saturated carbocycles. The number of thiophene rings is 1. The molecule has 3 aromatic rings. The monoisotopic (exact) mass is 337 g/mol. The van der Waals surface area contributed by atoms with Crippen LogP contribution in [0.3, 0.4) is 0 Å². The minimum atomic E-state index is 0.0897. The number of nitrogens with one attached hydrogen (secondary N) is 2. The van der Waals surface area contributed by atoms with E-state index in [1.165, 1.54) is 15.3 Å². The molecule has 0 aliphatic carbocycles. The molecule has 2 atom stereocenters. The number of anilines is 1. The second-order valence-electron chi connectivity index (χ2n) is 6.43. The molecule has 1 aliphatic heterocycles. The molecule has 4 heteroatoms. The lowest BCUT2D eigenvalue weighted by Gasteiger charge is -2.29. The third kappa shape index (κ3) is 2.83. The van der Waals surface area contributed by atoms with E-state index in [1.54, 1.807) is 0 Å². The topological polar surface area (TPSA) is 33.5 Å². The Labute approximate surface area is 145 Å². The van der Waals surface area contributed by atoms with Crippen LogP contribution >= 0.6 is 11.3 Å². The fraction of sp³-hybridized carbons (Fsp3) is 0.250. The molecule has 0 saturated heterocycles. The van der Waals surface area contributed by atoms with Gasteiger partial charge in [0.05, 0.1) is 6.54 Å². The standard InChI is InChI=1S/C20H20N2OS/c1-14-16-10-12-24-19(16)9-11-22(14)13-20(23)21-18-8-4-6-15-5-2-3-7-17(15)18/h2-8,10,12,14H,9,11,13H2,1H3,(H,21,23)/p+1/t14-/m1/s1. The summed E-state index contributed by atoms with van der Waals surface area (Å²) in [5.74, 6) is 0.0897. The van der Waals surface area contributed by atoms with Gasteiger partial charge in [0.1, 0.15) is 6.04 Å². The van der Waals surface area contributed by atoms with Gasteiger partial charge in [-0.2, -0.15) is 0 Å². The molecule has 3 nitrogen and oxygen atoms in total. The van der Waals surface area contributed by atoms with E-state index in [4.69, 9.17) is 0 Å². The number of carbonyl (C=O) groups excluding carboxylic acids is 1. The van der Waals surface area contributed by atoms with Crippen molar-refractivity contribution < 1.29 is 9.69 Å². The van der Waals surface area contributed by atoms with E-state index in [0.717, 1.165) is 29.4 Å². The number of fused-ring (bicyclic) bond motifs is 2. The molecule has 2 heterocycles. The summed E-state index contributed by atoms with van der Waals surface area (Å²) in [5.41, 5.74) is 2.32. The molecule has 4 rings (SSSR count). The second kappa shape index (κ2) is 6.38. The van der Waals surface area contributed by atoms with Gasteiger partial charge >= 0.3 is 0 Å². The van der Waals surface area contributed by atoms with Crippen LogP contribution < -0.4 is 10.2 Å². The van der Waals surface area contributed by atoms with Crippen LogP contribution in [0.1, 0.15) is 23.4 Å². The number of hydrogen-bond acceptors (Lipinski definition) is 2. The maximum atomic E-state index is 12.6. The van der Waals surface area contributed by atoms with E-state index >= 15 is 0 Å². The normalized spacial score (nSPS) is 19.9. The van der Waals surface area contributed by atoms with E-state index in [9.17, 15) is 4.79 Å². The van der Waals surface area contributed by atoms with Gasteiger partial charge in [0.2, 0.25) is 0 Å². The lowest BCUT2D eigenvalue weighted by atomic mass is 10.0. The summed E-state index contributed by atoms with van der Waals surface area (Å²) in [6.07, 6.45) is 1.08. The second-order valence-corrected chi connectivity index (χ2v) is 7.43. The van der Waals surface area contributed by atoms with E-state index < -0.39 is 0 Å². The molecule has 1 unspecified atom stereocenters. The Morgan fingerprint density at radius 1 is 1.21 bits per heavy atom. The van der Waals surface area contributed by atoms with Gasteiger partial charge in [0.25, 0.3) is 5.91 Å². The van der Waals surface area contributed by atoms with E-state index in [1.807, 2.05) is 35.6 Å². The summed E-state index contributed by atoms with van der Waals surface area (Å²) in [4.78, 5) is 15.4. The van der Waals surface area contributed by atoms with Gasteiger partial charge in [-0.25, -0.2) is 0 Å². The molecule has 2 N–H and O–H groups in total. The fourth-order valence-electron chi connectivity index (χ4n) is 3.63. The van der Waals surface area contributed by atoms with Gasteiger partial charge in [0.15, 0.2) is 6.54 Å². The molecule has 0 bridgehead atoms. The lowest BCUT2D eigenvalue weighted by molar-refractivity contribution is -0.923. The van der Waals surface area contributed by atoms with Crippen molar-refractivity contribution in [3.05, 3.63) is 64.4 Å². The smallest absolute Gasteiger partial charge is 0.279 e. The van der Waals surface area contributed by atoms with E-state index in [0.29, 0.717) is 12.6 Å². The van der Waals surface area contributed by atoms with Crippen LogP contribution in [-0.4, -0.2) is 19.0 Å². The van der Waals surface area contributed by atoms with Gasteiger partial charge in [-0.1, -0.05) is 36.4 Å². The summed E-state index contributed by atoms with van der Waals surface area (Å²) in [5, 5.41) is 7.52. The van der Waals surface area contributed by atoms with Crippen LogP contribution in [0.4, 0.5) is 5.69 Å². The van der Waals surface area contributed by atoms with Crippen molar-refractivity contribution in [2.75, 3.05) is 18.4 Å². The molecule has 24 heavy (non-hydrogen) atoms. The first-order valence-electron chi connectivity index (χ1n) is 8.41. The summed E-state index contributed by atoms with van der Waals surface area (Å²) >= 11 is 1.84. The molecular formula is C20H21N2OS+. The predicted octanol–water partition coefficient (Wildman–Crippen LogP) is 3.04. The number of quaternary nitrogens is 1. The molecule has 122 valence electrons. The summed E-state index contributed by atoms with van der Waals surface area (Å²) < 4.78 is 0. The highest BCUT2D eigenvalue weighted by atomic mass is 32.1. The minimum absolute atomic E-state index is 0.0897. The third-order valence-corrected chi connectivity index (χ3v) is 5.98. The minimum Gasteiger partial charge on any atom is -0.321 e. The maximum Gasteiger partial charge on any atom is 0.279 e. The first-order valence-corrected chi connectivity index (χ1v) is 9.29. The van der Waals surface area contributed by atoms with Crippen molar-refractivity contribution in [1.29, 1.82) is 0 Å². The van der Waals surface area contributed by atoms with Crippen molar-refractivity contribution in [2.24, 2.45) is 0 Å². The molecule has 1 aliphatic rings. The van der Waals surface area contributed by atoms with Crippen LogP contribution in [0.5, 0.6) is 0 Å². The Hall–Kier alpha value is -2.17. The zero-order valence-electron chi connectivity index (χ0n) is 13.7. The Morgan fingerprint density at radius 2 is 2.04 bits per heavy atom.